The number of nitrogens with zero attached hydrogens (tertiary/aromatic N) is 1. The molecule has 6 nitrogen and oxygen atoms in total. The number of benzene rings is 2. The molecule has 0 spiro atoms. The summed E-state index contributed by atoms with van der Waals surface area (Å²) in [5.74, 6) is 0.270. The molecule has 0 aliphatic heterocycles. The molecule has 0 aliphatic rings. The first kappa shape index (κ1) is 25.2. The predicted octanol–water partition coefficient (Wildman–Crippen LogP) is 5.19. The zero-order chi connectivity index (χ0) is 23.9. The highest BCUT2D eigenvalue weighted by atomic mass is 32.2. The van der Waals surface area contributed by atoms with Crippen LogP contribution in [-0.2, 0) is 32.6 Å². The minimum atomic E-state index is -3.44. The van der Waals surface area contributed by atoms with E-state index < -0.39 is 10.0 Å². The Bertz CT molecular complexity index is 1210. The van der Waals surface area contributed by atoms with Crippen molar-refractivity contribution in [1.82, 2.24) is 3.97 Å². The van der Waals surface area contributed by atoms with Crippen molar-refractivity contribution in [3.05, 3.63) is 71.9 Å². The fourth-order valence-electron chi connectivity index (χ4n) is 3.32. The van der Waals surface area contributed by atoms with Gasteiger partial charge in [0.2, 0.25) is 10.0 Å². The van der Waals surface area contributed by atoms with Gasteiger partial charge in [0.15, 0.2) is 0 Å². The maximum atomic E-state index is 12.1. The van der Waals surface area contributed by atoms with E-state index in [4.69, 9.17) is 9.47 Å². The lowest BCUT2D eigenvalue weighted by atomic mass is 10.0. The van der Waals surface area contributed by atoms with Gasteiger partial charge in [0.05, 0.1) is 24.8 Å². The van der Waals surface area contributed by atoms with Crippen LogP contribution in [0.2, 0.25) is 0 Å². The van der Waals surface area contributed by atoms with Gasteiger partial charge in [-0.15, -0.1) is 0 Å². The molecule has 0 aliphatic carbocycles. The number of aromatic nitrogens is 1. The first-order valence-corrected chi connectivity index (χ1v) is 12.4. The molecule has 32 heavy (non-hydrogen) atoms. The van der Waals surface area contributed by atoms with Gasteiger partial charge < -0.3 is 9.47 Å². The zero-order valence-corrected chi connectivity index (χ0v) is 20.2. The molecule has 0 bridgehead atoms. The van der Waals surface area contributed by atoms with E-state index in [1.807, 2.05) is 45.0 Å². The summed E-state index contributed by atoms with van der Waals surface area (Å²) in [7, 11) is -3.44. The molecular weight excluding hydrogens is 426 g/mol. The quantitative estimate of drug-likeness (QED) is 0.435. The van der Waals surface area contributed by atoms with Crippen LogP contribution < -0.4 is 4.74 Å². The van der Waals surface area contributed by atoms with Crippen LogP contribution >= 0.6 is 0 Å². The fourth-order valence-corrected chi connectivity index (χ4v) is 4.11. The predicted molar refractivity (Wildman–Crippen MR) is 129 cm³/mol. The lowest BCUT2D eigenvalue weighted by Crippen LogP contribution is -2.10. The second kappa shape index (κ2) is 11.0. The monoisotopic (exact) mass is 457 g/mol. The number of esters is 1. The van der Waals surface area contributed by atoms with E-state index in [0.717, 1.165) is 27.6 Å². The molecule has 0 saturated heterocycles. The molecule has 0 N–H and O–H groups in total. The van der Waals surface area contributed by atoms with Crippen molar-refractivity contribution in [2.75, 3.05) is 12.9 Å². The third-order valence-electron chi connectivity index (χ3n) is 4.66. The molecule has 172 valence electrons. The van der Waals surface area contributed by atoms with Crippen molar-refractivity contribution in [2.24, 2.45) is 0 Å². The summed E-state index contributed by atoms with van der Waals surface area (Å²) in [6, 6.07) is 12.8. The molecule has 3 aromatic rings. The van der Waals surface area contributed by atoms with Gasteiger partial charge in [-0.25, -0.2) is 12.4 Å². The Hall–Kier alpha value is -3.06. The molecule has 0 unspecified atom stereocenters. The Morgan fingerprint density at radius 1 is 1.12 bits per heavy atom. The SMILES string of the molecule is C=C(C)c1cc(COc2ccccc2CC(=O)OCC)cc2c1ccn2S(C)(=O)=O.CC. The summed E-state index contributed by atoms with van der Waals surface area (Å²) in [6.45, 7) is 12.2. The van der Waals surface area contributed by atoms with Crippen LogP contribution in [0.5, 0.6) is 5.75 Å². The van der Waals surface area contributed by atoms with Crippen molar-refractivity contribution in [2.45, 2.75) is 40.7 Å². The first-order valence-electron chi connectivity index (χ1n) is 10.6. The maximum Gasteiger partial charge on any atom is 0.310 e. The average Bonchev–Trinajstić information content (AvgIpc) is 3.18. The summed E-state index contributed by atoms with van der Waals surface area (Å²) in [5.41, 5.74) is 3.81. The van der Waals surface area contributed by atoms with Gasteiger partial charge in [-0.2, -0.15) is 0 Å². The third kappa shape index (κ3) is 6.01. The van der Waals surface area contributed by atoms with Gasteiger partial charge in [0.25, 0.3) is 0 Å². The van der Waals surface area contributed by atoms with Crippen molar-refractivity contribution in [3.8, 4) is 5.75 Å². The van der Waals surface area contributed by atoms with Gasteiger partial charge in [-0.05, 0) is 49.2 Å². The van der Waals surface area contributed by atoms with Gasteiger partial charge >= 0.3 is 5.97 Å². The second-order valence-electron chi connectivity index (χ2n) is 7.11. The first-order chi connectivity index (χ1) is 15.2. The third-order valence-corrected chi connectivity index (χ3v) is 5.69. The van der Waals surface area contributed by atoms with E-state index in [1.165, 1.54) is 10.2 Å². The molecule has 0 radical (unpaired) electrons. The van der Waals surface area contributed by atoms with Gasteiger partial charge in [0, 0.05) is 17.1 Å². The molecule has 0 atom stereocenters. The van der Waals surface area contributed by atoms with Crippen LogP contribution in [-0.4, -0.2) is 31.2 Å². The second-order valence-corrected chi connectivity index (χ2v) is 8.97. The van der Waals surface area contributed by atoms with Crippen molar-refractivity contribution >= 4 is 32.5 Å². The van der Waals surface area contributed by atoms with E-state index in [9.17, 15) is 13.2 Å². The van der Waals surface area contributed by atoms with E-state index in [1.54, 1.807) is 31.3 Å². The van der Waals surface area contributed by atoms with Crippen LogP contribution in [0.25, 0.3) is 16.5 Å². The molecule has 0 saturated carbocycles. The highest BCUT2D eigenvalue weighted by Crippen LogP contribution is 2.29. The maximum absolute atomic E-state index is 12.1. The normalized spacial score (nSPS) is 10.9. The number of fused-ring (bicyclic) bond motifs is 1. The molecule has 7 heteroatoms. The number of hydrogen-bond donors (Lipinski definition) is 0. The number of carbonyl (C=O) groups excluding carboxylic acids is 1. The van der Waals surface area contributed by atoms with Crippen LogP contribution in [0.15, 0.2) is 55.2 Å². The summed E-state index contributed by atoms with van der Waals surface area (Å²) in [5, 5.41) is 0.819. The molecule has 3 rings (SSSR count). The largest absolute Gasteiger partial charge is 0.489 e. The number of carbonyl (C=O) groups is 1. The van der Waals surface area contributed by atoms with Crippen molar-refractivity contribution in [1.29, 1.82) is 0 Å². The lowest BCUT2D eigenvalue weighted by Gasteiger charge is -2.13. The Morgan fingerprint density at radius 3 is 2.44 bits per heavy atom. The summed E-state index contributed by atoms with van der Waals surface area (Å²) >= 11 is 0. The molecule has 1 heterocycles. The van der Waals surface area contributed by atoms with E-state index in [-0.39, 0.29) is 19.0 Å². The molecule has 1 aromatic heterocycles. The minimum Gasteiger partial charge on any atom is -0.489 e. The van der Waals surface area contributed by atoms with Gasteiger partial charge in [-0.3, -0.25) is 4.79 Å². The van der Waals surface area contributed by atoms with E-state index >= 15 is 0 Å². The van der Waals surface area contributed by atoms with Crippen LogP contribution in [0.3, 0.4) is 0 Å². The smallest absolute Gasteiger partial charge is 0.310 e. The molecule has 0 amide bonds. The molecule has 2 aromatic carbocycles. The van der Waals surface area contributed by atoms with E-state index in [0.29, 0.717) is 17.9 Å². The van der Waals surface area contributed by atoms with Gasteiger partial charge in [0.1, 0.15) is 12.4 Å². The Morgan fingerprint density at radius 2 is 1.81 bits per heavy atom. The van der Waals surface area contributed by atoms with Crippen LogP contribution in [0, 0.1) is 0 Å². The highest BCUT2D eigenvalue weighted by molar-refractivity contribution is 7.89. The molecule has 0 fully saturated rings. The van der Waals surface area contributed by atoms with Crippen LogP contribution in [0.1, 0.15) is 44.4 Å². The standard InChI is InChI=1S/C23H25NO5S.C2H6/c1-5-28-23(25)14-18-8-6-7-9-22(18)29-15-17-12-20(16(2)3)19-10-11-24(21(19)13-17)30(4,26)27;1-2/h6-13H,2,5,14-15H2,1,3-4H3;1-2H3. The minimum absolute atomic E-state index is 0.122. The van der Waals surface area contributed by atoms with Crippen molar-refractivity contribution < 1.29 is 22.7 Å². The van der Waals surface area contributed by atoms with Gasteiger partial charge in [-0.1, -0.05) is 44.2 Å². The van der Waals surface area contributed by atoms with Crippen LogP contribution in [0.4, 0.5) is 0 Å². The van der Waals surface area contributed by atoms with E-state index in [2.05, 4.69) is 6.58 Å². The number of rotatable bonds is 8. The number of hydrogen-bond acceptors (Lipinski definition) is 5. The summed E-state index contributed by atoms with van der Waals surface area (Å²) < 4.78 is 36.6. The zero-order valence-electron chi connectivity index (χ0n) is 19.3. The Kier molecular flexibility index (Phi) is 8.66. The fraction of sp³-hybridized carbons (Fsp3) is 0.320. The topological polar surface area (TPSA) is 74.6 Å². The number of ether oxygens (including phenoxy) is 2. The number of para-hydroxylation sites is 1. The number of allylic oxidation sites excluding steroid dienone is 1. The Labute approximate surface area is 190 Å². The highest BCUT2D eigenvalue weighted by Gasteiger charge is 2.15. The summed E-state index contributed by atoms with van der Waals surface area (Å²) in [4.78, 5) is 11.9. The summed E-state index contributed by atoms with van der Waals surface area (Å²) in [6.07, 6.45) is 2.84. The Balaban J connectivity index is 0.00000176. The van der Waals surface area contributed by atoms with Crippen molar-refractivity contribution in [3.63, 3.8) is 0 Å². The lowest BCUT2D eigenvalue weighted by molar-refractivity contribution is -0.142. The molecular formula is C25H31NO5S. The average molecular weight is 458 g/mol.